The molecule has 2 aromatic rings. The first-order chi connectivity index (χ1) is 9.46. The van der Waals surface area contributed by atoms with Crippen molar-refractivity contribution < 1.29 is 12.8 Å². The van der Waals surface area contributed by atoms with Crippen molar-refractivity contribution in [2.24, 2.45) is 5.73 Å². The number of hydrogen-bond acceptors (Lipinski definition) is 4. The van der Waals surface area contributed by atoms with E-state index in [0.717, 1.165) is 12.0 Å². The molecule has 0 radical (unpaired) electrons. The predicted octanol–water partition coefficient (Wildman–Crippen LogP) is 2.86. The van der Waals surface area contributed by atoms with Crippen LogP contribution < -0.4 is 10.5 Å². The molecule has 5 nitrogen and oxygen atoms in total. The summed E-state index contributed by atoms with van der Waals surface area (Å²) in [5.74, 6) is 0.401. The summed E-state index contributed by atoms with van der Waals surface area (Å²) < 4.78 is 32.4. The van der Waals surface area contributed by atoms with Crippen LogP contribution >= 0.6 is 15.9 Å². The van der Waals surface area contributed by atoms with Gasteiger partial charge in [-0.1, -0.05) is 19.1 Å². The van der Waals surface area contributed by atoms with Crippen LogP contribution in [0.3, 0.4) is 0 Å². The molecule has 0 bridgehead atoms. The first kappa shape index (κ1) is 15.1. The van der Waals surface area contributed by atoms with E-state index in [9.17, 15) is 8.42 Å². The average molecular weight is 359 g/mol. The second kappa shape index (κ2) is 5.99. The summed E-state index contributed by atoms with van der Waals surface area (Å²) in [6.45, 7) is 2.18. The SMILES string of the molecule is CCc1ccc(NS(=O)(=O)c2cc(CN)oc2Br)cc1. The van der Waals surface area contributed by atoms with Gasteiger partial charge in [0.25, 0.3) is 10.0 Å². The first-order valence-electron chi connectivity index (χ1n) is 6.06. The molecule has 0 aliphatic carbocycles. The standard InChI is InChI=1S/C13H15BrN2O3S/c1-2-9-3-5-10(6-4-9)16-20(17,18)12-7-11(8-15)19-13(12)14/h3-7,16H,2,8,15H2,1H3. The summed E-state index contributed by atoms with van der Waals surface area (Å²) in [5, 5.41) is 0. The van der Waals surface area contributed by atoms with E-state index in [1.807, 2.05) is 19.1 Å². The van der Waals surface area contributed by atoms with Crippen LogP contribution in [-0.4, -0.2) is 8.42 Å². The molecule has 3 N–H and O–H groups in total. The van der Waals surface area contributed by atoms with E-state index in [4.69, 9.17) is 10.2 Å². The number of benzene rings is 1. The van der Waals surface area contributed by atoms with Crippen molar-refractivity contribution >= 4 is 31.6 Å². The van der Waals surface area contributed by atoms with E-state index in [0.29, 0.717) is 11.4 Å². The third-order valence-corrected chi connectivity index (χ3v) is 5.05. The zero-order valence-electron chi connectivity index (χ0n) is 10.9. The Bertz CT molecular complexity index is 693. The van der Waals surface area contributed by atoms with Crippen LogP contribution in [0.4, 0.5) is 5.69 Å². The summed E-state index contributed by atoms with van der Waals surface area (Å²) in [4.78, 5) is 0.0394. The average Bonchev–Trinajstić information content (AvgIpc) is 2.81. The molecule has 2 rings (SSSR count). The van der Waals surface area contributed by atoms with E-state index in [-0.39, 0.29) is 16.1 Å². The van der Waals surface area contributed by atoms with Crippen LogP contribution in [-0.2, 0) is 23.0 Å². The van der Waals surface area contributed by atoms with Gasteiger partial charge in [-0.2, -0.15) is 0 Å². The molecule has 0 unspecified atom stereocenters. The Labute approximate surface area is 126 Å². The van der Waals surface area contributed by atoms with Gasteiger partial charge in [-0.3, -0.25) is 4.72 Å². The van der Waals surface area contributed by atoms with Gasteiger partial charge in [0.2, 0.25) is 0 Å². The molecule has 108 valence electrons. The van der Waals surface area contributed by atoms with Gasteiger partial charge in [-0.25, -0.2) is 8.42 Å². The summed E-state index contributed by atoms with van der Waals surface area (Å²) in [6.07, 6.45) is 0.903. The number of nitrogens with two attached hydrogens (primary N) is 1. The monoisotopic (exact) mass is 358 g/mol. The molecule has 0 amide bonds. The third-order valence-electron chi connectivity index (χ3n) is 2.81. The van der Waals surface area contributed by atoms with Gasteiger partial charge in [-0.05, 0) is 40.0 Å². The highest BCUT2D eigenvalue weighted by Gasteiger charge is 2.22. The molecular weight excluding hydrogens is 344 g/mol. The van der Waals surface area contributed by atoms with Gasteiger partial charge >= 0.3 is 0 Å². The molecule has 1 aromatic heterocycles. The van der Waals surface area contributed by atoms with Crippen LogP contribution in [0.5, 0.6) is 0 Å². The van der Waals surface area contributed by atoms with E-state index in [1.165, 1.54) is 6.07 Å². The first-order valence-corrected chi connectivity index (χ1v) is 8.34. The van der Waals surface area contributed by atoms with Crippen molar-refractivity contribution in [3.05, 3.63) is 46.3 Å². The lowest BCUT2D eigenvalue weighted by Crippen LogP contribution is -2.12. The van der Waals surface area contributed by atoms with Crippen LogP contribution in [0.25, 0.3) is 0 Å². The van der Waals surface area contributed by atoms with Crippen molar-refractivity contribution in [3.8, 4) is 0 Å². The maximum Gasteiger partial charge on any atom is 0.266 e. The van der Waals surface area contributed by atoms with Crippen molar-refractivity contribution in [3.63, 3.8) is 0 Å². The van der Waals surface area contributed by atoms with E-state index in [1.54, 1.807) is 12.1 Å². The van der Waals surface area contributed by atoms with Gasteiger partial charge < -0.3 is 10.2 Å². The van der Waals surface area contributed by atoms with Crippen molar-refractivity contribution in [2.75, 3.05) is 4.72 Å². The van der Waals surface area contributed by atoms with Gasteiger partial charge in [0, 0.05) is 11.8 Å². The minimum atomic E-state index is -3.70. The largest absolute Gasteiger partial charge is 0.452 e. The lowest BCUT2D eigenvalue weighted by Gasteiger charge is -2.07. The fourth-order valence-corrected chi connectivity index (χ4v) is 3.76. The Morgan fingerprint density at radius 1 is 1.30 bits per heavy atom. The number of furan rings is 1. The number of hydrogen-bond donors (Lipinski definition) is 2. The zero-order valence-corrected chi connectivity index (χ0v) is 13.3. The molecule has 20 heavy (non-hydrogen) atoms. The molecule has 0 atom stereocenters. The number of halogens is 1. The van der Waals surface area contributed by atoms with E-state index < -0.39 is 10.0 Å². The number of aryl methyl sites for hydroxylation is 1. The number of nitrogens with one attached hydrogen (secondary N) is 1. The smallest absolute Gasteiger partial charge is 0.266 e. The van der Waals surface area contributed by atoms with Crippen LogP contribution in [0, 0.1) is 0 Å². The second-order valence-electron chi connectivity index (χ2n) is 4.21. The molecule has 0 spiro atoms. The summed E-state index contributed by atoms with van der Waals surface area (Å²) in [7, 11) is -3.70. The van der Waals surface area contributed by atoms with Crippen LogP contribution in [0.2, 0.25) is 0 Å². The van der Waals surface area contributed by atoms with Crippen molar-refractivity contribution in [1.82, 2.24) is 0 Å². The Hall–Kier alpha value is -1.31. The predicted molar refractivity (Wildman–Crippen MR) is 80.9 cm³/mol. The molecule has 0 saturated carbocycles. The lowest BCUT2D eigenvalue weighted by atomic mass is 10.2. The number of sulfonamides is 1. The van der Waals surface area contributed by atoms with Gasteiger partial charge in [0.05, 0.1) is 6.54 Å². The molecule has 0 fully saturated rings. The van der Waals surface area contributed by atoms with Gasteiger partial charge in [-0.15, -0.1) is 0 Å². The summed E-state index contributed by atoms with van der Waals surface area (Å²) >= 11 is 3.09. The topological polar surface area (TPSA) is 85.3 Å². The van der Waals surface area contributed by atoms with Crippen LogP contribution in [0.15, 0.2) is 44.3 Å². The van der Waals surface area contributed by atoms with E-state index >= 15 is 0 Å². The van der Waals surface area contributed by atoms with Gasteiger partial charge in [0.15, 0.2) is 4.67 Å². The minimum Gasteiger partial charge on any atom is -0.452 e. The number of anilines is 1. The maximum atomic E-state index is 12.3. The van der Waals surface area contributed by atoms with Crippen LogP contribution in [0.1, 0.15) is 18.2 Å². The Morgan fingerprint density at radius 3 is 2.45 bits per heavy atom. The lowest BCUT2D eigenvalue weighted by molar-refractivity contribution is 0.484. The molecule has 7 heteroatoms. The minimum absolute atomic E-state index is 0.0394. The second-order valence-corrected chi connectivity index (χ2v) is 6.58. The molecule has 0 saturated heterocycles. The third kappa shape index (κ3) is 3.23. The molecule has 1 heterocycles. The highest BCUT2D eigenvalue weighted by molar-refractivity contribution is 9.10. The molecular formula is C13H15BrN2O3S. The fourth-order valence-electron chi connectivity index (χ4n) is 1.70. The maximum absolute atomic E-state index is 12.3. The highest BCUT2D eigenvalue weighted by Crippen LogP contribution is 2.27. The van der Waals surface area contributed by atoms with E-state index in [2.05, 4.69) is 20.7 Å². The Kier molecular flexibility index (Phi) is 4.52. The normalized spacial score (nSPS) is 11.6. The number of rotatable bonds is 5. The zero-order chi connectivity index (χ0) is 14.8. The Balaban J connectivity index is 2.27. The summed E-state index contributed by atoms with van der Waals surface area (Å²) in [5.41, 5.74) is 7.08. The van der Waals surface area contributed by atoms with Gasteiger partial charge in [0.1, 0.15) is 10.7 Å². The molecule has 0 aliphatic heterocycles. The highest BCUT2D eigenvalue weighted by atomic mass is 79.9. The Morgan fingerprint density at radius 2 is 1.95 bits per heavy atom. The summed E-state index contributed by atoms with van der Waals surface area (Å²) in [6, 6.07) is 8.64. The van der Waals surface area contributed by atoms with Crippen molar-refractivity contribution in [2.45, 2.75) is 24.8 Å². The molecule has 0 aliphatic rings. The molecule has 1 aromatic carbocycles. The van der Waals surface area contributed by atoms with Crippen molar-refractivity contribution in [1.29, 1.82) is 0 Å². The fraction of sp³-hybridized carbons (Fsp3) is 0.231. The quantitative estimate of drug-likeness (QED) is 0.860.